The van der Waals surface area contributed by atoms with Gasteiger partial charge in [0.25, 0.3) is 0 Å². The van der Waals surface area contributed by atoms with Gasteiger partial charge >= 0.3 is 5.97 Å². The maximum Gasteiger partial charge on any atom is 0.305 e. The highest BCUT2D eigenvalue weighted by Crippen LogP contribution is 2.33. The molecule has 0 saturated heterocycles. The number of para-hydroxylation sites is 1. The summed E-state index contributed by atoms with van der Waals surface area (Å²) in [6.07, 6.45) is 0.134. The van der Waals surface area contributed by atoms with Gasteiger partial charge in [0.15, 0.2) is 0 Å². The Balaban J connectivity index is 2.26. The van der Waals surface area contributed by atoms with Crippen molar-refractivity contribution in [2.24, 2.45) is 0 Å². The number of carboxylic acids is 1. The highest BCUT2D eigenvalue weighted by Gasteiger charge is 2.17. The van der Waals surface area contributed by atoms with Gasteiger partial charge in [-0.3, -0.25) is 4.79 Å². The van der Waals surface area contributed by atoms with E-state index < -0.39 is 5.97 Å². The van der Waals surface area contributed by atoms with Crippen molar-refractivity contribution in [3.8, 4) is 0 Å². The van der Waals surface area contributed by atoms with Crippen molar-refractivity contribution in [3.63, 3.8) is 0 Å². The molecule has 0 fully saturated rings. The molecule has 0 aliphatic rings. The molecule has 0 bridgehead atoms. The van der Waals surface area contributed by atoms with E-state index in [0.29, 0.717) is 6.54 Å². The average molecular weight is 295 g/mol. The predicted octanol–water partition coefficient (Wildman–Crippen LogP) is 4.57. The Morgan fingerprint density at radius 1 is 1.05 bits per heavy atom. The number of aliphatic carboxylic acids is 1. The maximum atomic E-state index is 10.9. The number of aryl methyl sites for hydroxylation is 1. The standard InChI is InChI=1S/C19H21NO2/c1-19(2,3)13-8-9-17-15(12-13)14-6-4-5-7-16(14)20(17)11-10-18(21)22/h4-9,12H,10-11H2,1-3H3,(H,21,22). The Morgan fingerprint density at radius 2 is 1.73 bits per heavy atom. The summed E-state index contributed by atoms with van der Waals surface area (Å²) >= 11 is 0. The van der Waals surface area contributed by atoms with Gasteiger partial charge in [-0.1, -0.05) is 45.0 Å². The molecular formula is C19H21NO2. The molecule has 1 aromatic heterocycles. The summed E-state index contributed by atoms with van der Waals surface area (Å²) in [5.41, 5.74) is 3.60. The van der Waals surface area contributed by atoms with E-state index >= 15 is 0 Å². The van der Waals surface area contributed by atoms with Crippen LogP contribution in [0, 0.1) is 0 Å². The summed E-state index contributed by atoms with van der Waals surface area (Å²) in [7, 11) is 0. The molecule has 0 atom stereocenters. The molecule has 0 aliphatic heterocycles. The molecule has 3 aromatic rings. The third-order valence-corrected chi connectivity index (χ3v) is 4.19. The average Bonchev–Trinajstić information content (AvgIpc) is 2.77. The highest BCUT2D eigenvalue weighted by molar-refractivity contribution is 6.08. The molecule has 0 saturated carbocycles. The van der Waals surface area contributed by atoms with Gasteiger partial charge in [0.2, 0.25) is 0 Å². The van der Waals surface area contributed by atoms with E-state index in [2.05, 4.69) is 55.7 Å². The fourth-order valence-corrected chi connectivity index (χ4v) is 2.97. The predicted molar refractivity (Wildman–Crippen MR) is 90.4 cm³/mol. The fourth-order valence-electron chi connectivity index (χ4n) is 2.97. The van der Waals surface area contributed by atoms with Crippen LogP contribution in [0.1, 0.15) is 32.8 Å². The van der Waals surface area contributed by atoms with Crippen LogP contribution in [-0.4, -0.2) is 15.6 Å². The summed E-state index contributed by atoms with van der Waals surface area (Å²) in [5, 5.41) is 11.4. The van der Waals surface area contributed by atoms with Gasteiger partial charge in [-0.2, -0.15) is 0 Å². The third kappa shape index (κ3) is 2.47. The van der Waals surface area contributed by atoms with Crippen LogP contribution in [0.2, 0.25) is 0 Å². The molecule has 0 radical (unpaired) electrons. The van der Waals surface area contributed by atoms with E-state index in [-0.39, 0.29) is 11.8 Å². The molecule has 3 rings (SSSR count). The molecule has 22 heavy (non-hydrogen) atoms. The highest BCUT2D eigenvalue weighted by atomic mass is 16.4. The van der Waals surface area contributed by atoms with Gasteiger partial charge in [0, 0.05) is 28.4 Å². The Morgan fingerprint density at radius 3 is 2.41 bits per heavy atom. The lowest BCUT2D eigenvalue weighted by molar-refractivity contribution is -0.137. The minimum absolute atomic E-state index is 0.0957. The number of hydrogen-bond donors (Lipinski definition) is 1. The molecule has 0 unspecified atom stereocenters. The summed E-state index contributed by atoms with van der Waals surface area (Å²) in [6.45, 7) is 7.11. The van der Waals surface area contributed by atoms with Crippen LogP contribution >= 0.6 is 0 Å². The topological polar surface area (TPSA) is 42.2 Å². The summed E-state index contributed by atoms with van der Waals surface area (Å²) in [5.74, 6) is -0.766. The SMILES string of the molecule is CC(C)(C)c1ccc2c(c1)c1ccccc1n2CCC(=O)O. The number of aromatic nitrogens is 1. The largest absolute Gasteiger partial charge is 0.481 e. The van der Waals surface area contributed by atoms with E-state index in [1.165, 1.54) is 16.3 Å². The van der Waals surface area contributed by atoms with Crippen LogP contribution in [0.15, 0.2) is 42.5 Å². The molecule has 1 N–H and O–H groups in total. The number of carbonyl (C=O) groups is 1. The first-order valence-corrected chi connectivity index (χ1v) is 7.61. The lowest BCUT2D eigenvalue weighted by atomic mass is 9.86. The van der Waals surface area contributed by atoms with Crippen LogP contribution in [0.4, 0.5) is 0 Å². The normalized spacial score (nSPS) is 12.1. The fraction of sp³-hybridized carbons (Fsp3) is 0.316. The van der Waals surface area contributed by atoms with E-state index in [0.717, 1.165) is 11.0 Å². The number of benzene rings is 2. The Labute approximate surface area is 130 Å². The number of carboxylic acid groups (broad SMARTS) is 1. The first-order chi connectivity index (χ1) is 10.4. The number of nitrogens with zero attached hydrogens (tertiary/aromatic N) is 1. The van der Waals surface area contributed by atoms with Gasteiger partial charge in [0.05, 0.1) is 6.42 Å². The van der Waals surface area contributed by atoms with Crippen molar-refractivity contribution in [3.05, 3.63) is 48.0 Å². The zero-order valence-corrected chi connectivity index (χ0v) is 13.3. The third-order valence-electron chi connectivity index (χ3n) is 4.19. The lowest BCUT2D eigenvalue weighted by Crippen LogP contribution is -2.10. The van der Waals surface area contributed by atoms with Crippen LogP contribution < -0.4 is 0 Å². The first kappa shape index (κ1) is 14.6. The molecule has 1 heterocycles. The monoisotopic (exact) mass is 295 g/mol. The van der Waals surface area contributed by atoms with Crippen LogP contribution in [-0.2, 0) is 16.8 Å². The van der Waals surface area contributed by atoms with E-state index in [1.54, 1.807) is 0 Å². The Hall–Kier alpha value is -2.29. The number of fused-ring (bicyclic) bond motifs is 3. The summed E-state index contributed by atoms with van der Waals surface area (Å²) < 4.78 is 2.12. The number of rotatable bonds is 3. The molecular weight excluding hydrogens is 274 g/mol. The molecule has 3 nitrogen and oxygen atoms in total. The molecule has 0 spiro atoms. The van der Waals surface area contributed by atoms with Gasteiger partial charge in [-0.25, -0.2) is 0 Å². The second-order valence-electron chi connectivity index (χ2n) is 6.79. The van der Waals surface area contributed by atoms with Gasteiger partial charge in [0.1, 0.15) is 0 Å². The van der Waals surface area contributed by atoms with Crippen LogP contribution in [0.5, 0.6) is 0 Å². The Kier molecular flexibility index (Phi) is 3.44. The van der Waals surface area contributed by atoms with E-state index in [1.807, 2.05) is 12.1 Å². The molecule has 2 aromatic carbocycles. The van der Waals surface area contributed by atoms with Crippen molar-refractivity contribution in [1.82, 2.24) is 4.57 Å². The van der Waals surface area contributed by atoms with Crippen molar-refractivity contribution >= 4 is 27.8 Å². The lowest BCUT2D eigenvalue weighted by Gasteiger charge is -2.19. The van der Waals surface area contributed by atoms with Crippen molar-refractivity contribution in [1.29, 1.82) is 0 Å². The molecule has 0 aliphatic carbocycles. The number of hydrogen-bond acceptors (Lipinski definition) is 1. The van der Waals surface area contributed by atoms with Gasteiger partial charge in [-0.15, -0.1) is 0 Å². The van der Waals surface area contributed by atoms with Gasteiger partial charge < -0.3 is 9.67 Å². The first-order valence-electron chi connectivity index (χ1n) is 7.61. The molecule has 0 amide bonds. The van der Waals surface area contributed by atoms with E-state index in [4.69, 9.17) is 5.11 Å². The molecule has 114 valence electrons. The second-order valence-corrected chi connectivity index (χ2v) is 6.79. The van der Waals surface area contributed by atoms with E-state index in [9.17, 15) is 4.79 Å². The van der Waals surface area contributed by atoms with Crippen molar-refractivity contribution in [2.75, 3.05) is 0 Å². The minimum atomic E-state index is -0.766. The quantitative estimate of drug-likeness (QED) is 0.769. The van der Waals surface area contributed by atoms with Crippen LogP contribution in [0.3, 0.4) is 0 Å². The van der Waals surface area contributed by atoms with Crippen molar-refractivity contribution in [2.45, 2.75) is 39.2 Å². The van der Waals surface area contributed by atoms with Crippen LogP contribution in [0.25, 0.3) is 21.8 Å². The van der Waals surface area contributed by atoms with Gasteiger partial charge in [-0.05, 0) is 29.2 Å². The summed E-state index contributed by atoms with van der Waals surface area (Å²) in [6, 6.07) is 14.7. The molecule has 3 heteroatoms. The Bertz CT molecular complexity index is 853. The summed E-state index contributed by atoms with van der Waals surface area (Å²) in [4.78, 5) is 10.9. The minimum Gasteiger partial charge on any atom is -0.481 e. The smallest absolute Gasteiger partial charge is 0.305 e. The zero-order valence-electron chi connectivity index (χ0n) is 13.3. The second kappa shape index (κ2) is 5.16. The van der Waals surface area contributed by atoms with Crippen molar-refractivity contribution < 1.29 is 9.90 Å². The zero-order chi connectivity index (χ0) is 15.9. The maximum absolute atomic E-state index is 10.9.